The number of hydrogen-bond acceptors (Lipinski definition) is 7. The van der Waals surface area contributed by atoms with Crippen molar-refractivity contribution in [3.05, 3.63) is 41.4 Å². The summed E-state index contributed by atoms with van der Waals surface area (Å²) in [5, 5.41) is 2.84. The molecule has 10 heteroatoms. The molecule has 3 N–H and O–H groups in total. The van der Waals surface area contributed by atoms with Gasteiger partial charge in [-0.05, 0) is 42.1 Å². The van der Waals surface area contributed by atoms with Crippen molar-refractivity contribution in [3.8, 4) is 0 Å². The number of nitrogen functional groups attached to an aromatic ring is 1. The number of hydrogen-bond donors (Lipinski definition) is 2. The number of aromatic nitrogens is 4. The lowest BCUT2D eigenvalue weighted by atomic mass is 10.2. The van der Waals surface area contributed by atoms with Gasteiger partial charge in [0.25, 0.3) is 0 Å². The Hall–Kier alpha value is -3.07. The first kappa shape index (κ1) is 20.7. The van der Waals surface area contributed by atoms with Crippen LogP contribution in [0.15, 0.2) is 30.6 Å². The van der Waals surface area contributed by atoms with E-state index in [2.05, 4.69) is 20.3 Å². The van der Waals surface area contributed by atoms with Crippen LogP contribution in [0.25, 0.3) is 11.2 Å². The first-order valence-corrected chi connectivity index (χ1v) is 9.62. The zero-order chi connectivity index (χ0) is 20.8. The molecule has 0 aliphatic rings. The summed E-state index contributed by atoms with van der Waals surface area (Å²) < 4.78 is 7.08. The number of imidazole rings is 1. The van der Waals surface area contributed by atoms with Gasteiger partial charge in [-0.25, -0.2) is 9.78 Å². The maximum absolute atomic E-state index is 11.8. The lowest BCUT2D eigenvalue weighted by molar-refractivity contribution is 0.143. The van der Waals surface area contributed by atoms with E-state index in [1.54, 1.807) is 6.33 Å². The monoisotopic (exact) mass is 417 g/mol. The van der Waals surface area contributed by atoms with Crippen molar-refractivity contribution in [1.82, 2.24) is 24.8 Å². The molecular formula is C19H24ClN7O2. The van der Waals surface area contributed by atoms with Crippen molar-refractivity contribution in [2.75, 3.05) is 31.3 Å². The Morgan fingerprint density at radius 3 is 2.72 bits per heavy atom. The standard InChI is InChI=1S/C19H24ClN7O2/c1-26(2)14-7-5-13(6-8-14)11-22-19(28)29-10-4-3-9-27-12-23-15-16(21)24-18(20)25-17(15)27/h5-8,12H,3-4,9-11H2,1-2H3,(H,22,28)(H2,21,24,25). The summed E-state index contributed by atoms with van der Waals surface area (Å²) in [6.45, 7) is 1.41. The Labute approximate surface area is 173 Å². The fourth-order valence-electron chi connectivity index (χ4n) is 2.79. The Kier molecular flexibility index (Phi) is 6.71. The van der Waals surface area contributed by atoms with Gasteiger partial charge in [0, 0.05) is 32.9 Å². The molecule has 2 heterocycles. The molecule has 1 aromatic carbocycles. The molecule has 0 saturated carbocycles. The molecule has 9 nitrogen and oxygen atoms in total. The molecule has 1 amide bonds. The molecule has 29 heavy (non-hydrogen) atoms. The first-order valence-electron chi connectivity index (χ1n) is 9.25. The summed E-state index contributed by atoms with van der Waals surface area (Å²) in [4.78, 5) is 26.1. The van der Waals surface area contributed by atoms with Crippen molar-refractivity contribution in [1.29, 1.82) is 0 Å². The average molecular weight is 418 g/mol. The lowest BCUT2D eigenvalue weighted by Crippen LogP contribution is -2.24. The minimum atomic E-state index is -0.429. The number of halogens is 1. The Morgan fingerprint density at radius 1 is 1.24 bits per heavy atom. The van der Waals surface area contributed by atoms with E-state index in [1.807, 2.05) is 47.8 Å². The molecule has 154 valence electrons. The normalized spacial score (nSPS) is 10.9. The number of benzene rings is 1. The van der Waals surface area contributed by atoms with Crippen LogP contribution in [-0.4, -0.2) is 46.3 Å². The molecule has 0 aliphatic heterocycles. The van der Waals surface area contributed by atoms with Crippen LogP contribution in [0, 0.1) is 0 Å². The Bertz CT molecular complexity index is 973. The third-order valence-corrected chi connectivity index (χ3v) is 4.55. The summed E-state index contributed by atoms with van der Waals surface area (Å²) in [7, 11) is 3.97. The number of carbonyl (C=O) groups is 1. The van der Waals surface area contributed by atoms with Crippen LogP contribution in [0.1, 0.15) is 18.4 Å². The smallest absolute Gasteiger partial charge is 0.407 e. The second-order valence-corrected chi connectivity index (χ2v) is 7.08. The largest absolute Gasteiger partial charge is 0.450 e. The van der Waals surface area contributed by atoms with Crippen LogP contribution in [0.3, 0.4) is 0 Å². The summed E-state index contributed by atoms with van der Waals surface area (Å²) in [5.74, 6) is 0.259. The number of carbonyl (C=O) groups excluding carboxylic acids is 1. The highest BCUT2D eigenvalue weighted by atomic mass is 35.5. The fourth-order valence-corrected chi connectivity index (χ4v) is 2.96. The van der Waals surface area contributed by atoms with Crippen LogP contribution in [-0.2, 0) is 17.8 Å². The zero-order valence-corrected chi connectivity index (χ0v) is 17.2. The topological polar surface area (TPSA) is 111 Å². The predicted octanol–water partition coefficient (Wildman–Crippen LogP) is 2.83. The SMILES string of the molecule is CN(C)c1ccc(CNC(=O)OCCCCn2cnc3c(N)nc(Cl)nc32)cc1. The lowest BCUT2D eigenvalue weighted by Gasteiger charge is -2.13. The van der Waals surface area contributed by atoms with Gasteiger partial charge in [-0.2, -0.15) is 9.97 Å². The van der Waals surface area contributed by atoms with Gasteiger partial charge in [-0.15, -0.1) is 0 Å². The van der Waals surface area contributed by atoms with Crippen molar-refractivity contribution in [2.45, 2.75) is 25.9 Å². The summed E-state index contributed by atoms with van der Waals surface area (Å²) >= 11 is 5.86. The maximum Gasteiger partial charge on any atom is 0.407 e. The summed E-state index contributed by atoms with van der Waals surface area (Å²) in [6, 6.07) is 7.98. The minimum Gasteiger partial charge on any atom is -0.450 e. The molecular weight excluding hydrogens is 394 g/mol. The predicted molar refractivity (Wildman–Crippen MR) is 113 cm³/mol. The van der Waals surface area contributed by atoms with Gasteiger partial charge in [0.2, 0.25) is 5.28 Å². The highest BCUT2D eigenvalue weighted by molar-refractivity contribution is 6.28. The molecule has 3 aromatic rings. The number of amides is 1. The highest BCUT2D eigenvalue weighted by Crippen LogP contribution is 2.18. The van der Waals surface area contributed by atoms with Gasteiger partial charge in [-0.3, -0.25) is 0 Å². The van der Waals surface area contributed by atoms with E-state index < -0.39 is 6.09 Å². The molecule has 0 unspecified atom stereocenters. The van der Waals surface area contributed by atoms with Gasteiger partial charge < -0.3 is 25.3 Å². The second kappa shape index (κ2) is 9.42. The Balaban J connectivity index is 1.37. The number of alkyl carbamates (subject to hydrolysis) is 1. The molecule has 0 saturated heterocycles. The van der Waals surface area contributed by atoms with Crippen molar-refractivity contribution >= 4 is 40.4 Å². The van der Waals surface area contributed by atoms with Crippen molar-refractivity contribution < 1.29 is 9.53 Å². The van der Waals surface area contributed by atoms with E-state index in [0.717, 1.165) is 17.7 Å². The molecule has 0 bridgehead atoms. The first-order chi connectivity index (χ1) is 13.9. The van der Waals surface area contributed by atoms with E-state index >= 15 is 0 Å². The number of nitrogens with one attached hydrogen (secondary N) is 1. The number of nitrogens with zero attached hydrogens (tertiary/aromatic N) is 5. The highest BCUT2D eigenvalue weighted by Gasteiger charge is 2.10. The third-order valence-electron chi connectivity index (χ3n) is 4.38. The van der Waals surface area contributed by atoms with E-state index in [4.69, 9.17) is 22.1 Å². The van der Waals surface area contributed by atoms with Gasteiger partial charge in [0.05, 0.1) is 12.9 Å². The van der Waals surface area contributed by atoms with E-state index in [1.165, 1.54) is 0 Å². The number of unbranched alkanes of at least 4 members (excludes halogenated alkanes) is 1. The van der Waals surface area contributed by atoms with E-state index in [-0.39, 0.29) is 11.1 Å². The molecule has 0 radical (unpaired) electrons. The van der Waals surface area contributed by atoms with Gasteiger partial charge in [0.15, 0.2) is 11.5 Å². The van der Waals surface area contributed by atoms with Gasteiger partial charge in [-0.1, -0.05) is 12.1 Å². The van der Waals surface area contributed by atoms with Crippen LogP contribution in [0.4, 0.5) is 16.3 Å². The summed E-state index contributed by atoms with van der Waals surface area (Å²) in [6.07, 6.45) is 2.72. The number of ether oxygens (including phenoxy) is 1. The Morgan fingerprint density at radius 2 is 2.00 bits per heavy atom. The molecule has 2 aromatic heterocycles. The van der Waals surface area contributed by atoms with Crippen LogP contribution < -0.4 is 16.0 Å². The molecule has 0 atom stereocenters. The van der Waals surface area contributed by atoms with E-state index in [0.29, 0.717) is 37.3 Å². The van der Waals surface area contributed by atoms with Crippen molar-refractivity contribution in [2.24, 2.45) is 0 Å². The fraction of sp³-hybridized carbons (Fsp3) is 0.368. The molecule has 0 aliphatic carbocycles. The minimum absolute atomic E-state index is 0.0908. The zero-order valence-electron chi connectivity index (χ0n) is 16.4. The van der Waals surface area contributed by atoms with E-state index in [9.17, 15) is 4.79 Å². The van der Waals surface area contributed by atoms with Gasteiger partial charge >= 0.3 is 6.09 Å². The molecule has 0 spiro atoms. The number of anilines is 2. The maximum atomic E-state index is 11.8. The van der Waals surface area contributed by atoms with Gasteiger partial charge in [0.1, 0.15) is 5.52 Å². The van der Waals surface area contributed by atoms with Crippen LogP contribution >= 0.6 is 11.6 Å². The number of fused-ring (bicyclic) bond motifs is 1. The van der Waals surface area contributed by atoms with Crippen LogP contribution in [0.5, 0.6) is 0 Å². The van der Waals surface area contributed by atoms with Crippen LogP contribution in [0.2, 0.25) is 5.28 Å². The van der Waals surface area contributed by atoms with Crippen molar-refractivity contribution in [3.63, 3.8) is 0 Å². The number of nitrogens with two attached hydrogens (primary N) is 1. The quantitative estimate of drug-likeness (QED) is 0.428. The third kappa shape index (κ3) is 5.47. The summed E-state index contributed by atoms with van der Waals surface area (Å²) in [5.41, 5.74) is 9.05. The number of aryl methyl sites for hydroxylation is 1. The second-order valence-electron chi connectivity index (χ2n) is 6.75. The molecule has 3 rings (SSSR count). The molecule has 0 fully saturated rings. The number of rotatable bonds is 8. The average Bonchev–Trinajstić information content (AvgIpc) is 3.09.